The molecule has 0 rings (SSSR count). The summed E-state index contributed by atoms with van der Waals surface area (Å²) in [6.45, 7) is 4.08. The van der Waals surface area contributed by atoms with E-state index in [4.69, 9.17) is 14.6 Å². The summed E-state index contributed by atoms with van der Waals surface area (Å²) in [5.74, 6) is -1.47. The lowest BCUT2D eigenvalue weighted by molar-refractivity contribution is -0.147. The third-order valence-electron chi connectivity index (χ3n) is 2.47. The number of ether oxygens (including phenoxy) is 2. The van der Waals surface area contributed by atoms with Crippen molar-refractivity contribution in [3.63, 3.8) is 0 Å². The van der Waals surface area contributed by atoms with Gasteiger partial charge in [-0.25, -0.2) is 0 Å². The van der Waals surface area contributed by atoms with E-state index in [-0.39, 0.29) is 24.7 Å². The number of aliphatic carboxylic acids is 1. The number of hydrogen-bond donors (Lipinski definition) is 1. The lowest BCUT2D eigenvalue weighted by Gasteiger charge is -2.10. The van der Waals surface area contributed by atoms with Crippen LogP contribution in [0.3, 0.4) is 0 Å². The van der Waals surface area contributed by atoms with Crippen LogP contribution in [0.5, 0.6) is 0 Å². The van der Waals surface area contributed by atoms with Crippen molar-refractivity contribution < 1.29 is 29.0 Å². The fraction of sp³-hybridized carbons (Fsp3) is 0.769. The summed E-state index contributed by atoms with van der Waals surface area (Å²) in [4.78, 5) is 31.9. The van der Waals surface area contributed by atoms with Gasteiger partial charge in [-0.1, -0.05) is 6.92 Å². The summed E-state index contributed by atoms with van der Waals surface area (Å²) in [5.41, 5.74) is 0. The Bertz CT molecular complexity index is 300. The van der Waals surface area contributed by atoms with Crippen molar-refractivity contribution in [1.29, 1.82) is 0 Å². The van der Waals surface area contributed by atoms with Crippen LogP contribution in [0.1, 0.15) is 46.0 Å². The lowest BCUT2D eigenvalue weighted by Crippen LogP contribution is -2.10. The summed E-state index contributed by atoms with van der Waals surface area (Å²) in [7, 11) is 0. The summed E-state index contributed by atoms with van der Waals surface area (Å²) in [6.07, 6.45) is 2.20. The summed E-state index contributed by atoms with van der Waals surface area (Å²) >= 11 is 0. The fourth-order valence-electron chi connectivity index (χ4n) is 1.40. The zero-order valence-electron chi connectivity index (χ0n) is 11.5. The molecular formula is C13H22O6. The Kier molecular flexibility index (Phi) is 9.48. The van der Waals surface area contributed by atoms with Crippen LogP contribution in [0.15, 0.2) is 0 Å². The molecule has 0 aromatic heterocycles. The molecule has 6 nitrogen and oxygen atoms in total. The molecule has 1 N–H and O–H groups in total. The van der Waals surface area contributed by atoms with Crippen molar-refractivity contribution in [3.8, 4) is 0 Å². The molecule has 0 bridgehead atoms. The molecule has 1 unspecified atom stereocenters. The predicted octanol–water partition coefficient (Wildman–Crippen LogP) is 1.76. The van der Waals surface area contributed by atoms with Gasteiger partial charge in [-0.3, -0.25) is 14.4 Å². The van der Waals surface area contributed by atoms with Gasteiger partial charge in [0.1, 0.15) is 0 Å². The van der Waals surface area contributed by atoms with Crippen LogP contribution in [0.2, 0.25) is 0 Å². The first-order valence-electron chi connectivity index (χ1n) is 6.42. The highest BCUT2D eigenvalue weighted by molar-refractivity contribution is 5.76. The average molecular weight is 274 g/mol. The van der Waals surface area contributed by atoms with Gasteiger partial charge in [0.25, 0.3) is 0 Å². The van der Waals surface area contributed by atoms with Crippen molar-refractivity contribution in [2.45, 2.75) is 46.0 Å². The Hall–Kier alpha value is -1.59. The van der Waals surface area contributed by atoms with Gasteiger partial charge in [0.2, 0.25) is 0 Å². The number of hydrogen-bond acceptors (Lipinski definition) is 5. The highest BCUT2D eigenvalue weighted by Crippen LogP contribution is 2.08. The molecule has 19 heavy (non-hydrogen) atoms. The van der Waals surface area contributed by atoms with E-state index >= 15 is 0 Å². The highest BCUT2D eigenvalue weighted by atomic mass is 16.5. The maximum atomic E-state index is 11.1. The summed E-state index contributed by atoms with van der Waals surface area (Å²) in [6, 6.07) is 0. The molecule has 0 aromatic carbocycles. The van der Waals surface area contributed by atoms with Gasteiger partial charge in [-0.2, -0.15) is 0 Å². The van der Waals surface area contributed by atoms with Crippen molar-refractivity contribution >= 4 is 17.9 Å². The number of rotatable bonds is 10. The standard InChI is InChI=1S/C13H22O6/c1-10(9-19-11(2)14)5-3-4-8-18-13(17)7-6-12(15)16/h10H,3-9H2,1-2H3,(H,15,16). The van der Waals surface area contributed by atoms with Gasteiger partial charge < -0.3 is 14.6 Å². The van der Waals surface area contributed by atoms with Crippen molar-refractivity contribution in [3.05, 3.63) is 0 Å². The molecule has 110 valence electrons. The van der Waals surface area contributed by atoms with Crippen LogP contribution in [-0.2, 0) is 23.9 Å². The van der Waals surface area contributed by atoms with E-state index in [1.165, 1.54) is 6.92 Å². The minimum absolute atomic E-state index is 0.0851. The van der Waals surface area contributed by atoms with Crippen LogP contribution in [0.25, 0.3) is 0 Å². The van der Waals surface area contributed by atoms with Crippen LogP contribution in [0.4, 0.5) is 0 Å². The number of carboxylic acids is 1. The molecule has 0 saturated heterocycles. The molecule has 6 heteroatoms. The van der Waals surface area contributed by atoms with Crippen LogP contribution in [-0.4, -0.2) is 36.2 Å². The molecule has 1 atom stereocenters. The quantitative estimate of drug-likeness (QED) is 0.482. The van der Waals surface area contributed by atoms with Gasteiger partial charge in [-0.15, -0.1) is 0 Å². The lowest BCUT2D eigenvalue weighted by atomic mass is 10.1. The molecule has 0 aromatic rings. The van der Waals surface area contributed by atoms with Crippen molar-refractivity contribution in [1.82, 2.24) is 0 Å². The minimum Gasteiger partial charge on any atom is -0.481 e. The summed E-state index contributed by atoms with van der Waals surface area (Å²) in [5, 5.41) is 8.38. The molecule has 0 saturated carbocycles. The topological polar surface area (TPSA) is 89.9 Å². The number of carbonyl (C=O) groups is 3. The maximum Gasteiger partial charge on any atom is 0.306 e. The van der Waals surface area contributed by atoms with Gasteiger partial charge >= 0.3 is 17.9 Å². The number of carbonyl (C=O) groups excluding carboxylic acids is 2. The smallest absolute Gasteiger partial charge is 0.306 e. The molecule has 0 aliphatic carbocycles. The van der Waals surface area contributed by atoms with E-state index in [0.29, 0.717) is 13.2 Å². The van der Waals surface area contributed by atoms with Crippen LogP contribution < -0.4 is 0 Å². The maximum absolute atomic E-state index is 11.1. The largest absolute Gasteiger partial charge is 0.481 e. The summed E-state index contributed by atoms with van der Waals surface area (Å²) < 4.78 is 9.76. The Labute approximate surface area is 113 Å². The second-order valence-corrected chi connectivity index (χ2v) is 4.52. The van der Waals surface area contributed by atoms with E-state index < -0.39 is 11.9 Å². The number of unbranched alkanes of at least 4 members (excludes halogenated alkanes) is 1. The van der Waals surface area contributed by atoms with E-state index in [1.807, 2.05) is 6.92 Å². The van der Waals surface area contributed by atoms with Gasteiger partial charge in [0.05, 0.1) is 26.1 Å². The Morgan fingerprint density at radius 3 is 2.37 bits per heavy atom. The van der Waals surface area contributed by atoms with Crippen LogP contribution >= 0.6 is 0 Å². The van der Waals surface area contributed by atoms with E-state index in [9.17, 15) is 14.4 Å². The van der Waals surface area contributed by atoms with E-state index in [0.717, 1.165) is 19.3 Å². The Morgan fingerprint density at radius 2 is 1.79 bits per heavy atom. The molecule has 0 aliphatic heterocycles. The molecular weight excluding hydrogens is 252 g/mol. The van der Waals surface area contributed by atoms with E-state index in [1.54, 1.807) is 0 Å². The number of carboxylic acid groups (broad SMARTS) is 1. The molecule has 0 aliphatic rings. The molecule has 0 fully saturated rings. The van der Waals surface area contributed by atoms with Gasteiger partial charge in [-0.05, 0) is 25.2 Å². The third-order valence-corrected chi connectivity index (χ3v) is 2.47. The third kappa shape index (κ3) is 12.7. The van der Waals surface area contributed by atoms with Gasteiger partial charge in [0.15, 0.2) is 0 Å². The normalized spacial score (nSPS) is 11.7. The zero-order chi connectivity index (χ0) is 14.7. The first kappa shape index (κ1) is 17.4. The Morgan fingerprint density at radius 1 is 1.11 bits per heavy atom. The predicted molar refractivity (Wildman–Crippen MR) is 67.5 cm³/mol. The van der Waals surface area contributed by atoms with Crippen LogP contribution in [0, 0.1) is 5.92 Å². The molecule has 0 heterocycles. The fourth-order valence-corrected chi connectivity index (χ4v) is 1.40. The van der Waals surface area contributed by atoms with E-state index in [2.05, 4.69) is 0 Å². The average Bonchev–Trinajstić information content (AvgIpc) is 2.33. The van der Waals surface area contributed by atoms with Gasteiger partial charge in [0, 0.05) is 6.92 Å². The number of esters is 2. The van der Waals surface area contributed by atoms with Crippen molar-refractivity contribution in [2.75, 3.05) is 13.2 Å². The monoisotopic (exact) mass is 274 g/mol. The molecule has 0 amide bonds. The molecule has 0 spiro atoms. The molecule has 0 radical (unpaired) electrons. The highest BCUT2D eigenvalue weighted by Gasteiger charge is 2.07. The Balaban J connectivity index is 3.41. The second kappa shape index (κ2) is 10.3. The SMILES string of the molecule is CC(=O)OCC(C)CCCCOC(=O)CCC(=O)O. The first-order chi connectivity index (χ1) is 8.91. The zero-order valence-corrected chi connectivity index (χ0v) is 11.5. The minimum atomic E-state index is -1.00. The first-order valence-corrected chi connectivity index (χ1v) is 6.42. The van der Waals surface area contributed by atoms with Crippen molar-refractivity contribution in [2.24, 2.45) is 5.92 Å². The second-order valence-electron chi connectivity index (χ2n) is 4.52.